The number of anilines is 1. The number of para-hydroxylation sites is 1. The molecule has 102 heavy (non-hydrogen) atoms. The fourth-order valence-electron chi connectivity index (χ4n) is 10.6. The van der Waals surface area contributed by atoms with Gasteiger partial charge in [-0.1, -0.05) is 157 Å². The van der Waals surface area contributed by atoms with Gasteiger partial charge in [-0.05, 0) is 118 Å². The van der Waals surface area contributed by atoms with Crippen molar-refractivity contribution in [2.45, 2.75) is 172 Å². The number of hydrogen-bond donors (Lipinski definition) is 15. The minimum atomic E-state index is -1.72. The van der Waals surface area contributed by atoms with Gasteiger partial charge >= 0.3 is 22.4 Å². The molecule has 554 valence electrons. The Balaban J connectivity index is 0.00000928. The van der Waals surface area contributed by atoms with Crippen LogP contribution in [0.3, 0.4) is 0 Å². The number of H-pyrrole nitrogens is 1. The molecule has 1 aliphatic rings. The number of hydrogen-bond acceptors (Lipinski definition) is 19. The van der Waals surface area contributed by atoms with Crippen LogP contribution in [0.25, 0.3) is 21.5 Å². The number of rotatable bonds is 29. The van der Waals surface area contributed by atoms with Gasteiger partial charge in [-0.15, -0.1) is 18.2 Å². The van der Waals surface area contributed by atoms with Crippen LogP contribution in [-0.4, -0.2) is 193 Å². The van der Waals surface area contributed by atoms with E-state index in [0.29, 0.717) is 60.6 Å². The number of aliphatic hydroxyl groups is 3. The van der Waals surface area contributed by atoms with Gasteiger partial charge < -0.3 is 100 Å². The predicted octanol–water partition coefficient (Wildman–Crippen LogP) is 4.37. The summed E-state index contributed by atoms with van der Waals surface area (Å²) >= 11 is 6.79. The van der Waals surface area contributed by atoms with Crippen molar-refractivity contribution in [2.24, 2.45) is 22.0 Å². The van der Waals surface area contributed by atoms with Gasteiger partial charge in [-0.25, -0.2) is 0 Å². The SMILES string of the molecule is C/C(=N\[O-])C(C)(C)[N-]CC(C[N-]C(C)(C)/C(C)=N/O)Cc1ccc(NC(=S)NC(Cc2ccccc2)C(=O)NC2CSSCC(C(=O)NC(CO)C(C)O)NC(=O)C(C(C)O)NC(=O)C(CCCCN)NC(=O)C(Cc3c[nH]c4ccccc34)NC(=O)C(Cc3ccccc3)NC2=O)cc1.[O]=[99Tc+3]. The van der Waals surface area contributed by atoms with E-state index in [2.05, 4.69) is 63.1 Å². The standard InChI is InChI=1S/C70H97N15O12S3.O.Tc/c1-41(87)57(38-86)79-66(94)59-40-100-99-39-58(80-63(91)55(33-46-21-13-10-14-22-46)82-68(98)75-50-28-26-47(27-29-50)31-48(35-73-69(5,6)43(3)84-96)36-74-70(7,8)44(4)85-97)65(93)77-54(32-45-19-11-9-12-20-45)62(90)78-56(34-49-37-72-52-24-16-15-23-51(49)52)64(92)76-53(25-17-18-30-71)61(89)83-60(42(2)88)67(95)81-59;;/h9-16,19-24,26-29,37,41-42,48,53-60,72,86-88,96-97H,17-18,25,30-36,38-40,71H2,1-8H3,(H,76,92)(H,77,93)(H,78,90)(H,79,94)(H,80,91)(H,81,95)(H,83,89)(H2,75,82,98);;/q-2;;+3/p-1/b84-43+,85-44+;;/i;;1+1. The molecule has 32 heteroatoms. The van der Waals surface area contributed by atoms with E-state index in [1.807, 2.05) is 94.4 Å². The molecule has 6 rings (SSSR count). The van der Waals surface area contributed by atoms with E-state index in [4.69, 9.17) is 32.1 Å². The molecule has 0 saturated carbocycles. The van der Waals surface area contributed by atoms with Crippen molar-refractivity contribution in [3.8, 4) is 0 Å². The Morgan fingerprint density at radius 1 is 0.706 bits per heavy atom. The first-order valence-electron chi connectivity index (χ1n) is 33.4. The quantitative estimate of drug-likeness (QED) is 0.00789. The number of amides is 7. The summed E-state index contributed by atoms with van der Waals surface area (Å²) in [7, 11) is 2.01. The zero-order chi connectivity index (χ0) is 75.1. The van der Waals surface area contributed by atoms with Crippen LogP contribution in [0.4, 0.5) is 5.69 Å². The summed E-state index contributed by atoms with van der Waals surface area (Å²) in [5.41, 5.74) is 9.23. The first-order chi connectivity index (χ1) is 48.6. The van der Waals surface area contributed by atoms with Crippen molar-refractivity contribution in [1.82, 2.24) is 47.5 Å². The molecule has 28 nitrogen and oxygen atoms in total. The van der Waals surface area contributed by atoms with E-state index in [9.17, 15) is 44.9 Å². The Morgan fingerprint density at radius 3 is 1.86 bits per heavy atom. The van der Waals surface area contributed by atoms with Gasteiger partial charge in [-0.3, -0.25) is 33.6 Å². The minimum absolute atomic E-state index is 0.00105. The van der Waals surface area contributed by atoms with Crippen molar-refractivity contribution >= 4 is 108 Å². The molecule has 1 fully saturated rings. The number of unbranched alkanes of at least 4 members (excludes halogenated alkanes) is 1. The van der Waals surface area contributed by atoms with Crippen molar-refractivity contribution in [3.63, 3.8) is 0 Å². The fourth-order valence-corrected chi connectivity index (χ4v) is 13.2. The Hall–Kier alpha value is -7.75. The molecule has 5 aromatic rings. The third-order valence-electron chi connectivity index (χ3n) is 17.4. The van der Waals surface area contributed by atoms with Gasteiger partial charge in [0.25, 0.3) is 0 Å². The zero-order valence-electron chi connectivity index (χ0n) is 58.4. The predicted molar refractivity (Wildman–Crippen MR) is 398 cm³/mol. The van der Waals surface area contributed by atoms with E-state index in [1.165, 1.54) is 13.8 Å². The van der Waals surface area contributed by atoms with Crippen LogP contribution in [0.5, 0.6) is 0 Å². The summed E-state index contributed by atoms with van der Waals surface area (Å²) in [5, 5.41) is 95.1. The molecule has 0 bridgehead atoms. The topological polar surface area (TPSA) is 444 Å². The number of nitrogens with two attached hydrogens (primary N) is 1. The number of aliphatic hydroxyl groups excluding tert-OH is 3. The van der Waals surface area contributed by atoms with Crippen molar-refractivity contribution in [2.75, 3.05) is 43.1 Å². The van der Waals surface area contributed by atoms with Gasteiger partial charge in [0.15, 0.2) is 5.11 Å². The average Bonchev–Trinajstić information content (AvgIpc) is 1.57. The van der Waals surface area contributed by atoms with Crippen LogP contribution in [0.15, 0.2) is 126 Å². The van der Waals surface area contributed by atoms with Crippen LogP contribution in [-0.2, 0) is 81.6 Å². The van der Waals surface area contributed by atoms with Crippen LogP contribution >= 0.6 is 33.8 Å². The second kappa shape index (κ2) is 42.7. The molecule has 0 spiro atoms. The zero-order valence-corrected chi connectivity index (χ0v) is 62.8. The van der Waals surface area contributed by atoms with Crippen molar-refractivity contribution < 1.29 is 76.4 Å². The number of aromatic amines is 1. The first kappa shape index (κ1) is 84.9. The van der Waals surface area contributed by atoms with Crippen LogP contribution < -0.4 is 53.6 Å². The molecule has 16 N–H and O–H groups in total. The first-order valence-corrected chi connectivity index (χ1v) is 37.0. The molecular weight excluding hydrogens is 1450 g/mol. The molecule has 7 amide bonds. The molecule has 2 heterocycles. The number of aromatic nitrogens is 1. The molecule has 1 aliphatic heterocycles. The van der Waals surface area contributed by atoms with E-state index in [-0.39, 0.29) is 54.8 Å². The fraction of sp³-hybridized carbons (Fsp3) is 0.486. The number of carbonyl (C=O) groups is 7. The summed E-state index contributed by atoms with van der Waals surface area (Å²) in [4.78, 5) is 107. The van der Waals surface area contributed by atoms with Gasteiger partial charge in [0.2, 0.25) is 41.4 Å². The van der Waals surface area contributed by atoms with Crippen LogP contribution in [0, 0.1) is 11.1 Å². The summed E-state index contributed by atoms with van der Waals surface area (Å²) in [6, 6.07) is 21.4. The molecule has 0 aliphatic carbocycles. The van der Waals surface area contributed by atoms with Crippen LogP contribution in [0.2, 0.25) is 0 Å². The number of benzene rings is 4. The molecule has 11 atom stereocenters. The second-order valence-electron chi connectivity index (χ2n) is 25.9. The molecular formula is C70H96N15O13S3Tc. The Bertz CT molecular complexity index is 3560. The van der Waals surface area contributed by atoms with Gasteiger partial charge in [0, 0.05) is 59.3 Å². The van der Waals surface area contributed by atoms with Gasteiger partial charge in [-0.2, -0.15) is 0 Å². The number of oxime groups is 1. The summed E-state index contributed by atoms with van der Waals surface area (Å²) in [6.45, 7) is 13.5. The number of thiocarbonyl (C=S) groups is 1. The third-order valence-corrected chi connectivity index (χ3v) is 20.0. The summed E-state index contributed by atoms with van der Waals surface area (Å²) in [6.07, 6.45) is -0.0234. The van der Waals surface area contributed by atoms with Gasteiger partial charge in [0.05, 0.1) is 24.9 Å². The van der Waals surface area contributed by atoms with E-state index in [0.717, 1.165) is 62.5 Å². The average molecular weight is 1550 g/mol. The van der Waals surface area contributed by atoms with E-state index < -0.39 is 120 Å². The number of fused-ring (bicyclic) bond motifs is 1. The third kappa shape index (κ3) is 27.1. The second-order valence-corrected chi connectivity index (χ2v) is 28.9. The number of nitrogens with one attached hydrogen (secondary N) is 10. The van der Waals surface area contributed by atoms with Crippen molar-refractivity contribution in [1.29, 1.82) is 0 Å². The maximum atomic E-state index is 15.3. The van der Waals surface area contributed by atoms with E-state index in [1.54, 1.807) is 62.5 Å². The van der Waals surface area contributed by atoms with E-state index >= 15 is 14.4 Å². The Labute approximate surface area is 618 Å². The molecule has 1 saturated heterocycles. The number of nitrogens with zero attached hydrogens (tertiary/aromatic N) is 4. The van der Waals surface area contributed by atoms with Gasteiger partial charge in [0.1, 0.15) is 42.3 Å². The summed E-state index contributed by atoms with van der Waals surface area (Å²) < 4.78 is 8.22. The maximum absolute atomic E-state index is 15.3. The monoisotopic (exact) mass is 1550 g/mol. The van der Waals surface area contributed by atoms with Crippen LogP contribution in [0.1, 0.15) is 96.9 Å². The molecule has 1 aromatic heterocycles. The molecule has 0 radical (unpaired) electrons. The Kier molecular flexibility index (Phi) is 35.6. The summed E-state index contributed by atoms with van der Waals surface area (Å²) in [5.74, 6) is -6.54. The Morgan fingerprint density at radius 2 is 1.26 bits per heavy atom. The number of carbonyl (C=O) groups excluding carboxylic acids is 7. The molecule has 11 unspecified atom stereocenters. The normalized spacial score (nSPS) is 20.2. The molecule has 4 aromatic carbocycles. The van der Waals surface area contributed by atoms with Crippen molar-refractivity contribution in [3.05, 3.63) is 153 Å².